The Morgan fingerprint density at radius 3 is 2.79 bits per heavy atom. The summed E-state index contributed by atoms with van der Waals surface area (Å²) in [6, 6.07) is 0. The van der Waals surface area contributed by atoms with Crippen molar-refractivity contribution in [3.8, 4) is 0 Å². The Kier molecular flexibility index (Phi) is 1.89. The molecule has 2 N–H and O–H groups in total. The number of hydrogen-bond acceptors (Lipinski definition) is 7. The SMILES string of the molecule is CS(=O)(=O)c1nc2cnc(N)nc2s1. The van der Waals surface area contributed by atoms with Crippen LogP contribution in [0.1, 0.15) is 0 Å². The monoisotopic (exact) mass is 230 g/mol. The van der Waals surface area contributed by atoms with Crippen LogP contribution in [-0.2, 0) is 9.84 Å². The molecular formula is C6H6N4O2S2. The molecule has 0 spiro atoms. The fourth-order valence-electron chi connectivity index (χ4n) is 0.887. The first-order valence-corrected chi connectivity index (χ1v) is 6.27. The Morgan fingerprint density at radius 1 is 1.43 bits per heavy atom. The van der Waals surface area contributed by atoms with Gasteiger partial charge in [0.05, 0.1) is 6.20 Å². The van der Waals surface area contributed by atoms with E-state index in [1.165, 1.54) is 6.20 Å². The first kappa shape index (κ1) is 9.28. The lowest BCUT2D eigenvalue weighted by Crippen LogP contribution is -1.95. The molecule has 0 aliphatic heterocycles. The molecule has 8 heteroatoms. The van der Waals surface area contributed by atoms with Crippen molar-refractivity contribution in [3.05, 3.63) is 6.20 Å². The van der Waals surface area contributed by atoms with Gasteiger partial charge in [-0.1, -0.05) is 11.3 Å². The standard InChI is InChI=1S/C6H6N4O2S2/c1-14(11,12)6-9-3-2-8-5(7)10-4(3)13-6/h2H,1H3,(H2,7,8,10). The molecule has 2 rings (SSSR count). The Morgan fingerprint density at radius 2 is 2.14 bits per heavy atom. The van der Waals surface area contributed by atoms with Gasteiger partial charge in [0, 0.05) is 6.26 Å². The Hall–Kier alpha value is -1.28. The number of aromatic nitrogens is 3. The van der Waals surface area contributed by atoms with Crippen LogP contribution in [0, 0.1) is 0 Å². The molecule has 0 radical (unpaired) electrons. The highest BCUT2D eigenvalue weighted by molar-refractivity contribution is 7.92. The zero-order valence-electron chi connectivity index (χ0n) is 7.13. The summed E-state index contributed by atoms with van der Waals surface area (Å²) in [7, 11) is -3.28. The number of anilines is 1. The van der Waals surface area contributed by atoms with E-state index in [2.05, 4.69) is 15.0 Å². The number of nitrogens with zero attached hydrogens (tertiary/aromatic N) is 3. The van der Waals surface area contributed by atoms with E-state index in [9.17, 15) is 8.42 Å². The zero-order chi connectivity index (χ0) is 10.3. The minimum atomic E-state index is -3.28. The summed E-state index contributed by atoms with van der Waals surface area (Å²) in [6.45, 7) is 0. The Balaban J connectivity index is 2.75. The molecule has 0 saturated heterocycles. The predicted octanol–water partition coefficient (Wildman–Crippen LogP) is 0.0720. The smallest absolute Gasteiger partial charge is 0.221 e. The molecule has 2 aromatic heterocycles. The van der Waals surface area contributed by atoms with Gasteiger partial charge in [0.1, 0.15) is 10.3 Å². The van der Waals surface area contributed by atoms with Gasteiger partial charge < -0.3 is 5.73 Å². The van der Waals surface area contributed by atoms with E-state index in [-0.39, 0.29) is 10.3 Å². The fraction of sp³-hybridized carbons (Fsp3) is 0.167. The third-order valence-electron chi connectivity index (χ3n) is 1.47. The molecule has 14 heavy (non-hydrogen) atoms. The van der Waals surface area contributed by atoms with E-state index in [1.807, 2.05) is 0 Å². The minimum Gasteiger partial charge on any atom is -0.368 e. The molecule has 0 fully saturated rings. The lowest BCUT2D eigenvalue weighted by Gasteiger charge is -1.87. The molecule has 0 unspecified atom stereocenters. The number of nitrogens with two attached hydrogens (primary N) is 1. The minimum absolute atomic E-state index is 0.0346. The largest absolute Gasteiger partial charge is 0.368 e. The summed E-state index contributed by atoms with van der Waals surface area (Å²) in [6.07, 6.45) is 2.50. The van der Waals surface area contributed by atoms with Gasteiger partial charge in [0.2, 0.25) is 20.1 Å². The average Bonchev–Trinajstić information content (AvgIpc) is 2.45. The van der Waals surface area contributed by atoms with E-state index in [4.69, 9.17) is 5.73 Å². The quantitative estimate of drug-likeness (QED) is 0.744. The van der Waals surface area contributed by atoms with Crippen LogP contribution in [0.15, 0.2) is 10.5 Å². The molecule has 0 aliphatic rings. The van der Waals surface area contributed by atoms with E-state index < -0.39 is 9.84 Å². The van der Waals surface area contributed by atoms with Crippen molar-refractivity contribution < 1.29 is 8.42 Å². The fourth-order valence-corrected chi connectivity index (χ4v) is 2.64. The highest BCUT2D eigenvalue weighted by Gasteiger charge is 2.14. The maximum absolute atomic E-state index is 11.2. The summed E-state index contributed by atoms with van der Waals surface area (Å²) < 4.78 is 22.3. The lowest BCUT2D eigenvalue weighted by molar-refractivity contribution is 0.601. The van der Waals surface area contributed by atoms with Crippen LogP contribution in [0.3, 0.4) is 0 Å². The number of rotatable bonds is 1. The highest BCUT2D eigenvalue weighted by atomic mass is 32.2. The number of hydrogen-bond donors (Lipinski definition) is 1. The number of fused-ring (bicyclic) bond motifs is 1. The van der Waals surface area contributed by atoms with Crippen LogP contribution in [0.4, 0.5) is 5.95 Å². The van der Waals surface area contributed by atoms with Crippen LogP contribution >= 0.6 is 11.3 Å². The highest BCUT2D eigenvalue weighted by Crippen LogP contribution is 2.23. The van der Waals surface area contributed by atoms with E-state index in [0.717, 1.165) is 17.6 Å². The molecule has 0 aromatic carbocycles. The average molecular weight is 230 g/mol. The van der Waals surface area contributed by atoms with Gasteiger partial charge in [-0.15, -0.1) is 0 Å². The molecule has 2 heterocycles. The second-order valence-electron chi connectivity index (χ2n) is 2.67. The van der Waals surface area contributed by atoms with Crippen molar-refractivity contribution in [2.45, 2.75) is 4.34 Å². The van der Waals surface area contributed by atoms with Gasteiger partial charge in [-0.25, -0.2) is 23.4 Å². The summed E-state index contributed by atoms with van der Waals surface area (Å²) in [4.78, 5) is 11.9. The Labute approximate surface area is 83.7 Å². The predicted molar refractivity (Wildman–Crippen MR) is 52.7 cm³/mol. The first-order valence-electron chi connectivity index (χ1n) is 3.56. The van der Waals surface area contributed by atoms with Crippen molar-refractivity contribution in [1.29, 1.82) is 0 Å². The van der Waals surface area contributed by atoms with Gasteiger partial charge >= 0.3 is 0 Å². The van der Waals surface area contributed by atoms with Crippen LogP contribution in [0.25, 0.3) is 10.3 Å². The molecule has 0 atom stereocenters. The van der Waals surface area contributed by atoms with Crippen LogP contribution in [0.2, 0.25) is 0 Å². The molecular weight excluding hydrogens is 224 g/mol. The van der Waals surface area contributed by atoms with E-state index in [0.29, 0.717) is 10.3 Å². The van der Waals surface area contributed by atoms with E-state index >= 15 is 0 Å². The summed E-state index contributed by atoms with van der Waals surface area (Å²) in [5.41, 5.74) is 5.80. The van der Waals surface area contributed by atoms with Crippen LogP contribution in [0.5, 0.6) is 0 Å². The second kappa shape index (κ2) is 2.85. The van der Waals surface area contributed by atoms with Crippen molar-refractivity contribution in [1.82, 2.24) is 15.0 Å². The third kappa shape index (κ3) is 1.53. The molecule has 0 aliphatic carbocycles. The summed E-state index contributed by atoms with van der Waals surface area (Å²) in [5.74, 6) is 0.112. The third-order valence-corrected chi connectivity index (χ3v) is 4.11. The topological polar surface area (TPSA) is 98.8 Å². The van der Waals surface area contributed by atoms with Gasteiger partial charge in [0.15, 0.2) is 0 Å². The van der Waals surface area contributed by atoms with Crippen LogP contribution < -0.4 is 5.73 Å². The normalized spacial score (nSPS) is 12.1. The summed E-state index contributed by atoms with van der Waals surface area (Å²) in [5, 5.41) is 0. The van der Waals surface area contributed by atoms with Crippen molar-refractivity contribution in [2.24, 2.45) is 0 Å². The van der Waals surface area contributed by atoms with E-state index in [1.54, 1.807) is 0 Å². The number of nitrogen functional groups attached to an aromatic ring is 1. The molecule has 0 bridgehead atoms. The number of thiazole rings is 1. The van der Waals surface area contributed by atoms with Gasteiger partial charge in [-0.05, 0) is 0 Å². The molecule has 2 aromatic rings. The van der Waals surface area contributed by atoms with Gasteiger partial charge in [0.25, 0.3) is 0 Å². The van der Waals surface area contributed by atoms with Gasteiger partial charge in [-0.2, -0.15) is 0 Å². The maximum atomic E-state index is 11.2. The zero-order valence-corrected chi connectivity index (χ0v) is 8.76. The molecule has 0 amide bonds. The second-order valence-corrected chi connectivity index (χ2v) is 5.84. The molecule has 6 nitrogen and oxygen atoms in total. The van der Waals surface area contributed by atoms with Crippen molar-refractivity contribution in [3.63, 3.8) is 0 Å². The molecule has 74 valence electrons. The first-order chi connectivity index (χ1) is 6.47. The lowest BCUT2D eigenvalue weighted by atomic mass is 10.6. The van der Waals surface area contributed by atoms with Crippen molar-refractivity contribution >= 4 is 37.5 Å². The van der Waals surface area contributed by atoms with Gasteiger partial charge in [-0.3, -0.25) is 0 Å². The van der Waals surface area contributed by atoms with Crippen molar-refractivity contribution in [2.75, 3.05) is 12.0 Å². The number of sulfone groups is 1. The molecule has 0 saturated carbocycles. The maximum Gasteiger partial charge on any atom is 0.221 e. The Bertz CT molecular complexity index is 589. The van der Waals surface area contributed by atoms with Crippen LogP contribution in [-0.4, -0.2) is 29.6 Å². The summed E-state index contributed by atoms with van der Waals surface area (Å²) >= 11 is 0.988.